The van der Waals surface area contributed by atoms with Crippen molar-refractivity contribution in [1.82, 2.24) is 0 Å². The van der Waals surface area contributed by atoms with Gasteiger partial charge >= 0.3 is 10.1 Å². The molecule has 1 N–H and O–H groups in total. The van der Waals surface area contributed by atoms with Crippen molar-refractivity contribution >= 4 is 10.1 Å². The average Bonchev–Trinajstić information content (AvgIpc) is 2.23. The summed E-state index contributed by atoms with van der Waals surface area (Å²) in [7, 11) is -5.00. The minimum Gasteiger partial charge on any atom is -0.283 e. The minimum absolute atomic E-state index is 0.165. The van der Waals surface area contributed by atoms with E-state index in [0.29, 0.717) is 37.0 Å². The Morgan fingerprint density at radius 1 is 1.16 bits per heavy atom. The number of hydrogen-bond acceptors (Lipinski definition) is 2. The van der Waals surface area contributed by atoms with Crippen molar-refractivity contribution in [2.75, 3.05) is 0 Å². The van der Waals surface area contributed by atoms with Gasteiger partial charge in [-0.05, 0) is 67.6 Å². The molecule has 19 heavy (non-hydrogen) atoms. The maximum absolute atomic E-state index is 14.2. The summed E-state index contributed by atoms with van der Waals surface area (Å²) >= 11 is 0. The summed E-state index contributed by atoms with van der Waals surface area (Å²) in [5.74, 6) is 2.87. The first-order valence-electron chi connectivity index (χ1n) is 7.05. The predicted octanol–water partition coefficient (Wildman–Crippen LogP) is 2.44. The second-order valence-corrected chi connectivity index (χ2v) is 8.81. The molecule has 4 aliphatic carbocycles. The molecule has 0 aliphatic heterocycles. The van der Waals surface area contributed by atoms with E-state index >= 15 is 0 Å². The molecule has 0 amide bonds. The third-order valence-electron chi connectivity index (χ3n) is 6.66. The Morgan fingerprint density at radius 2 is 1.74 bits per heavy atom. The summed E-state index contributed by atoms with van der Waals surface area (Å²) in [6, 6.07) is 0. The number of fused-ring (bicyclic) bond motifs is 7. The maximum Gasteiger partial charge on any atom is 0.303 e. The Hall–Kier alpha value is -0.230. The number of hydrogen-bond donors (Lipinski definition) is 1. The van der Waals surface area contributed by atoms with Crippen LogP contribution in [0.5, 0.6) is 0 Å². The lowest BCUT2D eigenvalue weighted by molar-refractivity contribution is -0.320. The van der Waals surface area contributed by atoms with Crippen molar-refractivity contribution in [3.8, 4) is 0 Å². The van der Waals surface area contributed by atoms with Crippen LogP contribution < -0.4 is 0 Å². The first kappa shape index (κ1) is 12.5. The van der Waals surface area contributed by atoms with Gasteiger partial charge in [0.25, 0.3) is 5.00 Å². The molecular weight excluding hydrogens is 274 g/mol. The zero-order chi connectivity index (χ0) is 13.7. The molecule has 0 radical (unpaired) electrons. The van der Waals surface area contributed by atoms with Gasteiger partial charge in [0.2, 0.25) is 0 Å². The van der Waals surface area contributed by atoms with E-state index < -0.39 is 27.2 Å². The van der Waals surface area contributed by atoms with Crippen LogP contribution in [-0.4, -0.2) is 24.1 Å². The molecule has 4 rings (SSSR count). The van der Waals surface area contributed by atoms with Crippen LogP contribution in [0.4, 0.5) is 8.78 Å². The van der Waals surface area contributed by atoms with Crippen molar-refractivity contribution < 1.29 is 21.8 Å². The molecule has 4 aliphatic rings. The third kappa shape index (κ3) is 1.24. The topological polar surface area (TPSA) is 54.4 Å². The van der Waals surface area contributed by atoms with Crippen molar-refractivity contribution in [3.05, 3.63) is 0 Å². The van der Waals surface area contributed by atoms with Crippen LogP contribution in [-0.2, 0) is 10.1 Å². The monoisotopic (exact) mass is 292 g/mol. The van der Waals surface area contributed by atoms with Gasteiger partial charge in [0, 0.05) is 0 Å². The highest BCUT2D eigenvalue weighted by atomic mass is 32.2. The lowest BCUT2D eigenvalue weighted by Crippen LogP contribution is -2.75. The smallest absolute Gasteiger partial charge is 0.283 e. The van der Waals surface area contributed by atoms with Gasteiger partial charge in [0.05, 0.1) is 0 Å². The van der Waals surface area contributed by atoms with Gasteiger partial charge in [-0.15, -0.1) is 0 Å². The molecule has 0 bridgehead atoms. The molecule has 0 aromatic heterocycles. The highest BCUT2D eigenvalue weighted by Gasteiger charge is 2.75. The number of halogens is 2. The Morgan fingerprint density at radius 3 is 2.26 bits per heavy atom. The summed E-state index contributed by atoms with van der Waals surface area (Å²) in [5, 5.41) is -3.17. The number of rotatable bonds is 3. The molecule has 6 heteroatoms. The summed E-state index contributed by atoms with van der Waals surface area (Å²) in [5.41, 5.74) is 0. The van der Waals surface area contributed by atoms with E-state index in [9.17, 15) is 17.2 Å². The van der Waals surface area contributed by atoms with Crippen molar-refractivity contribution in [2.45, 2.75) is 37.4 Å². The minimum atomic E-state index is -5.00. The predicted molar refractivity (Wildman–Crippen MR) is 64.2 cm³/mol. The van der Waals surface area contributed by atoms with Crippen LogP contribution in [0.1, 0.15) is 26.2 Å². The fourth-order valence-electron chi connectivity index (χ4n) is 5.51. The van der Waals surface area contributed by atoms with Crippen LogP contribution in [0.3, 0.4) is 0 Å². The lowest BCUT2D eigenvalue weighted by atomic mass is 9.26. The molecule has 0 aromatic rings. The largest absolute Gasteiger partial charge is 0.303 e. The van der Waals surface area contributed by atoms with Gasteiger partial charge in [-0.2, -0.15) is 8.42 Å². The van der Waals surface area contributed by atoms with Crippen LogP contribution >= 0.6 is 0 Å². The van der Waals surface area contributed by atoms with E-state index in [2.05, 4.69) is 0 Å². The molecule has 0 spiro atoms. The Bertz CT molecular complexity index is 532. The maximum atomic E-state index is 14.2. The van der Waals surface area contributed by atoms with Gasteiger partial charge in [-0.3, -0.25) is 4.55 Å². The molecule has 0 heterocycles. The van der Waals surface area contributed by atoms with Crippen LogP contribution in [0.2, 0.25) is 0 Å². The van der Waals surface area contributed by atoms with E-state index in [0.717, 1.165) is 5.92 Å². The summed E-state index contributed by atoms with van der Waals surface area (Å²) in [4.78, 5) is 0. The fourth-order valence-corrected chi connectivity index (χ4v) is 5.97. The molecule has 0 saturated heterocycles. The molecule has 3 nitrogen and oxygen atoms in total. The lowest BCUT2D eigenvalue weighted by Gasteiger charge is -2.79. The first-order chi connectivity index (χ1) is 8.75. The Labute approximate surface area is 111 Å². The molecule has 0 aromatic carbocycles. The summed E-state index contributed by atoms with van der Waals surface area (Å²) in [6.07, 6.45) is 0.962. The zero-order valence-electron chi connectivity index (χ0n) is 10.7. The average molecular weight is 292 g/mol. The molecule has 4 fully saturated rings. The second-order valence-electron chi connectivity index (χ2n) is 7.06. The van der Waals surface area contributed by atoms with Crippen molar-refractivity contribution in [3.63, 3.8) is 0 Å². The van der Waals surface area contributed by atoms with Gasteiger partial charge in [0.15, 0.2) is 6.17 Å². The normalized spacial score (nSPS) is 54.8. The molecular formula is C13H18F2O3S. The standard InChI is InChI=1S/C13H18F2O3S/c1-13(15,19(16,17)18)12(14)8-4-7-9-5-2-3-6(5)11(9)10(7)8/h5-12H,2-4H2,1H3,(H,16,17,18). The zero-order valence-corrected chi connectivity index (χ0v) is 11.5. The molecule has 9 unspecified atom stereocenters. The number of alkyl halides is 2. The van der Waals surface area contributed by atoms with E-state index in [4.69, 9.17) is 4.55 Å². The van der Waals surface area contributed by atoms with E-state index in [1.807, 2.05) is 0 Å². The Kier molecular flexibility index (Phi) is 2.19. The van der Waals surface area contributed by atoms with E-state index in [1.165, 1.54) is 12.8 Å². The van der Waals surface area contributed by atoms with Gasteiger partial charge in [0.1, 0.15) is 0 Å². The van der Waals surface area contributed by atoms with Crippen molar-refractivity contribution in [1.29, 1.82) is 0 Å². The van der Waals surface area contributed by atoms with Crippen LogP contribution in [0, 0.1) is 41.4 Å². The summed E-state index contributed by atoms with van der Waals surface area (Å²) < 4.78 is 59.0. The van der Waals surface area contributed by atoms with Crippen molar-refractivity contribution in [2.24, 2.45) is 41.4 Å². The highest BCUT2D eigenvalue weighted by molar-refractivity contribution is 7.87. The highest BCUT2D eigenvalue weighted by Crippen LogP contribution is 2.79. The van der Waals surface area contributed by atoms with Gasteiger partial charge in [-0.25, -0.2) is 8.78 Å². The SMILES string of the molecule is CC(F)(C(F)C1CC2C3C4CCC4C3C21)S(=O)(=O)O. The quantitative estimate of drug-likeness (QED) is 0.813. The third-order valence-corrected chi connectivity index (χ3v) is 7.90. The molecule has 108 valence electrons. The van der Waals surface area contributed by atoms with Crippen LogP contribution in [0.15, 0.2) is 0 Å². The van der Waals surface area contributed by atoms with Gasteiger partial charge < -0.3 is 0 Å². The first-order valence-corrected chi connectivity index (χ1v) is 8.49. The second kappa shape index (κ2) is 3.32. The fraction of sp³-hybridized carbons (Fsp3) is 1.00. The molecule has 9 atom stereocenters. The van der Waals surface area contributed by atoms with Crippen LogP contribution in [0.25, 0.3) is 0 Å². The Balaban J connectivity index is 1.51. The van der Waals surface area contributed by atoms with E-state index in [1.54, 1.807) is 0 Å². The summed E-state index contributed by atoms with van der Waals surface area (Å²) in [6.45, 7) is 0.642. The van der Waals surface area contributed by atoms with E-state index in [-0.39, 0.29) is 5.92 Å². The van der Waals surface area contributed by atoms with Gasteiger partial charge in [-0.1, -0.05) is 0 Å². The molecule has 4 saturated carbocycles.